The molecule has 6 nitrogen and oxygen atoms in total. The molecule has 0 saturated heterocycles. The fourth-order valence-electron chi connectivity index (χ4n) is 2.38. The Balaban J connectivity index is 1.82. The van der Waals surface area contributed by atoms with E-state index in [-0.39, 0.29) is 5.91 Å². The summed E-state index contributed by atoms with van der Waals surface area (Å²) in [6.07, 6.45) is 2.67. The SMILES string of the molecule is COCCCNC(=O)c1csc2nc(-c3cccc(OC)c3)cn12. The van der Waals surface area contributed by atoms with Crippen molar-refractivity contribution in [3.05, 3.63) is 41.5 Å². The van der Waals surface area contributed by atoms with Crippen LogP contribution in [0.5, 0.6) is 5.75 Å². The molecule has 1 N–H and O–H groups in total. The summed E-state index contributed by atoms with van der Waals surface area (Å²) in [5.41, 5.74) is 2.36. The predicted molar refractivity (Wildman–Crippen MR) is 93.9 cm³/mol. The minimum atomic E-state index is -0.105. The van der Waals surface area contributed by atoms with Crippen molar-refractivity contribution < 1.29 is 14.3 Å². The third kappa shape index (κ3) is 3.42. The lowest BCUT2D eigenvalue weighted by Gasteiger charge is -2.03. The molecule has 0 aliphatic heterocycles. The van der Waals surface area contributed by atoms with Crippen molar-refractivity contribution in [2.45, 2.75) is 6.42 Å². The average Bonchev–Trinajstić information content (AvgIpc) is 3.19. The monoisotopic (exact) mass is 345 g/mol. The lowest BCUT2D eigenvalue weighted by atomic mass is 10.1. The van der Waals surface area contributed by atoms with Gasteiger partial charge in [0.05, 0.1) is 12.8 Å². The van der Waals surface area contributed by atoms with Gasteiger partial charge in [0.1, 0.15) is 11.4 Å². The van der Waals surface area contributed by atoms with Crippen LogP contribution in [-0.4, -0.2) is 42.7 Å². The van der Waals surface area contributed by atoms with Gasteiger partial charge in [0.2, 0.25) is 0 Å². The minimum Gasteiger partial charge on any atom is -0.497 e. The molecule has 0 spiro atoms. The van der Waals surface area contributed by atoms with E-state index in [9.17, 15) is 4.79 Å². The quantitative estimate of drug-likeness (QED) is 0.669. The summed E-state index contributed by atoms with van der Waals surface area (Å²) in [5.74, 6) is 0.673. The molecule has 0 unspecified atom stereocenters. The number of imidazole rings is 1. The maximum absolute atomic E-state index is 12.3. The maximum atomic E-state index is 12.3. The van der Waals surface area contributed by atoms with Gasteiger partial charge >= 0.3 is 0 Å². The second-order valence-electron chi connectivity index (χ2n) is 5.23. The van der Waals surface area contributed by atoms with E-state index < -0.39 is 0 Å². The molecule has 0 saturated carbocycles. The molecule has 126 valence electrons. The summed E-state index contributed by atoms with van der Waals surface area (Å²) >= 11 is 1.45. The highest BCUT2D eigenvalue weighted by Gasteiger charge is 2.15. The number of fused-ring (bicyclic) bond motifs is 1. The summed E-state index contributed by atoms with van der Waals surface area (Å²) in [4.78, 5) is 17.7. The molecule has 3 rings (SSSR count). The first kappa shape index (κ1) is 16.5. The Morgan fingerprint density at radius 2 is 2.25 bits per heavy atom. The first-order chi connectivity index (χ1) is 11.7. The Labute approximate surface area is 144 Å². The number of hydrogen-bond donors (Lipinski definition) is 1. The standard InChI is InChI=1S/C17H19N3O3S/c1-22-8-4-7-18-16(21)15-11-24-17-19-14(10-20(15)17)12-5-3-6-13(9-12)23-2/h3,5-6,9-11H,4,7-8H2,1-2H3,(H,18,21). The van der Waals surface area contributed by atoms with Gasteiger partial charge in [-0.1, -0.05) is 12.1 Å². The molecule has 0 aliphatic rings. The topological polar surface area (TPSA) is 64.9 Å². The van der Waals surface area contributed by atoms with Gasteiger partial charge in [-0.05, 0) is 18.6 Å². The number of nitrogens with zero attached hydrogens (tertiary/aromatic N) is 2. The van der Waals surface area contributed by atoms with E-state index in [0.29, 0.717) is 18.8 Å². The molecule has 0 atom stereocenters. The number of rotatable bonds is 7. The van der Waals surface area contributed by atoms with Gasteiger partial charge in [-0.2, -0.15) is 0 Å². The Hall–Kier alpha value is -2.38. The van der Waals surface area contributed by atoms with E-state index in [1.54, 1.807) is 14.2 Å². The number of carbonyl (C=O) groups excluding carboxylic acids is 1. The lowest BCUT2D eigenvalue weighted by Crippen LogP contribution is -2.26. The van der Waals surface area contributed by atoms with E-state index in [1.807, 2.05) is 40.2 Å². The second-order valence-corrected chi connectivity index (χ2v) is 6.07. The van der Waals surface area contributed by atoms with E-state index in [1.165, 1.54) is 11.3 Å². The number of ether oxygens (including phenoxy) is 2. The van der Waals surface area contributed by atoms with Gasteiger partial charge in [-0.15, -0.1) is 11.3 Å². The number of carbonyl (C=O) groups is 1. The highest BCUT2D eigenvalue weighted by Crippen LogP contribution is 2.26. The highest BCUT2D eigenvalue weighted by molar-refractivity contribution is 7.15. The summed E-state index contributed by atoms with van der Waals surface area (Å²) in [7, 11) is 3.28. The van der Waals surface area contributed by atoms with Crippen LogP contribution in [0.4, 0.5) is 0 Å². The van der Waals surface area contributed by atoms with Gasteiger partial charge in [0, 0.05) is 37.4 Å². The zero-order valence-electron chi connectivity index (χ0n) is 13.6. The molecule has 0 aliphatic carbocycles. The van der Waals surface area contributed by atoms with Crippen LogP contribution in [0.1, 0.15) is 16.9 Å². The summed E-state index contributed by atoms with van der Waals surface area (Å²) in [6, 6.07) is 7.71. The van der Waals surface area contributed by atoms with Gasteiger partial charge in [0.25, 0.3) is 5.91 Å². The summed E-state index contributed by atoms with van der Waals surface area (Å²) < 4.78 is 12.1. The van der Waals surface area contributed by atoms with Crippen molar-refractivity contribution in [2.75, 3.05) is 27.4 Å². The van der Waals surface area contributed by atoms with Crippen molar-refractivity contribution in [1.82, 2.24) is 14.7 Å². The largest absolute Gasteiger partial charge is 0.497 e. The highest BCUT2D eigenvalue weighted by atomic mass is 32.1. The fourth-order valence-corrected chi connectivity index (χ4v) is 3.23. The Kier molecular flexibility index (Phi) is 5.12. The van der Waals surface area contributed by atoms with Crippen LogP contribution >= 0.6 is 11.3 Å². The van der Waals surface area contributed by atoms with Crippen LogP contribution in [0.2, 0.25) is 0 Å². The maximum Gasteiger partial charge on any atom is 0.269 e. The van der Waals surface area contributed by atoms with E-state index in [2.05, 4.69) is 10.3 Å². The molecule has 1 aromatic carbocycles. The zero-order valence-corrected chi connectivity index (χ0v) is 14.4. The van der Waals surface area contributed by atoms with Gasteiger partial charge in [-0.3, -0.25) is 9.20 Å². The van der Waals surface area contributed by atoms with Crippen LogP contribution in [0.15, 0.2) is 35.8 Å². The number of amides is 1. The minimum absolute atomic E-state index is 0.105. The molecule has 0 radical (unpaired) electrons. The third-order valence-corrected chi connectivity index (χ3v) is 4.46. The number of hydrogen-bond acceptors (Lipinski definition) is 5. The van der Waals surface area contributed by atoms with Crippen LogP contribution < -0.4 is 10.1 Å². The summed E-state index contributed by atoms with van der Waals surface area (Å²) in [6.45, 7) is 1.21. The number of aromatic nitrogens is 2. The number of methoxy groups -OCH3 is 2. The third-order valence-electron chi connectivity index (χ3n) is 3.62. The number of thiazole rings is 1. The number of nitrogens with one attached hydrogen (secondary N) is 1. The van der Waals surface area contributed by atoms with Crippen molar-refractivity contribution >= 4 is 22.2 Å². The molecule has 3 aromatic rings. The molecular formula is C17H19N3O3S. The summed E-state index contributed by atoms with van der Waals surface area (Å²) in [5, 5.41) is 4.72. The lowest BCUT2D eigenvalue weighted by molar-refractivity contribution is 0.0943. The van der Waals surface area contributed by atoms with Crippen molar-refractivity contribution in [3.8, 4) is 17.0 Å². The van der Waals surface area contributed by atoms with E-state index >= 15 is 0 Å². The normalized spacial score (nSPS) is 10.9. The zero-order chi connectivity index (χ0) is 16.9. The molecular weight excluding hydrogens is 326 g/mol. The first-order valence-electron chi connectivity index (χ1n) is 7.61. The van der Waals surface area contributed by atoms with Crippen molar-refractivity contribution in [1.29, 1.82) is 0 Å². The van der Waals surface area contributed by atoms with Crippen molar-refractivity contribution in [3.63, 3.8) is 0 Å². The van der Waals surface area contributed by atoms with Crippen LogP contribution in [0.25, 0.3) is 16.2 Å². The molecule has 1 amide bonds. The molecule has 2 aromatic heterocycles. The Morgan fingerprint density at radius 3 is 3.04 bits per heavy atom. The van der Waals surface area contributed by atoms with E-state index in [0.717, 1.165) is 28.4 Å². The number of benzene rings is 1. The fraction of sp³-hybridized carbons (Fsp3) is 0.294. The van der Waals surface area contributed by atoms with Crippen LogP contribution in [-0.2, 0) is 4.74 Å². The second kappa shape index (κ2) is 7.46. The molecule has 0 fully saturated rings. The van der Waals surface area contributed by atoms with Crippen molar-refractivity contribution in [2.24, 2.45) is 0 Å². The van der Waals surface area contributed by atoms with Gasteiger partial charge < -0.3 is 14.8 Å². The molecule has 24 heavy (non-hydrogen) atoms. The Bertz CT molecular complexity index is 841. The van der Waals surface area contributed by atoms with E-state index in [4.69, 9.17) is 9.47 Å². The van der Waals surface area contributed by atoms with Crippen LogP contribution in [0.3, 0.4) is 0 Å². The average molecular weight is 345 g/mol. The molecule has 2 heterocycles. The van der Waals surface area contributed by atoms with Gasteiger partial charge in [0.15, 0.2) is 4.96 Å². The molecule has 0 bridgehead atoms. The van der Waals surface area contributed by atoms with Crippen LogP contribution in [0, 0.1) is 0 Å². The molecule has 7 heteroatoms. The first-order valence-corrected chi connectivity index (χ1v) is 8.49. The smallest absolute Gasteiger partial charge is 0.269 e. The van der Waals surface area contributed by atoms with Gasteiger partial charge in [-0.25, -0.2) is 4.98 Å². The Morgan fingerprint density at radius 1 is 1.38 bits per heavy atom. The predicted octanol–water partition coefficient (Wildman–Crippen LogP) is 2.84.